The second kappa shape index (κ2) is 8.95. The van der Waals surface area contributed by atoms with E-state index in [1.807, 2.05) is 18.4 Å². The van der Waals surface area contributed by atoms with Gasteiger partial charge >= 0.3 is 0 Å². The first-order chi connectivity index (χ1) is 9.62. The summed E-state index contributed by atoms with van der Waals surface area (Å²) >= 11 is 1.82. The molecule has 0 amide bonds. The van der Waals surface area contributed by atoms with E-state index in [9.17, 15) is 0 Å². The lowest BCUT2D eigenvalue weighted by atomic mass is 10.3. The molecular weight excluding hydrogens is 268 g/mol. The highest BCUT2D eigenvalue weighted by Gasteiger charge is 2.07. The van der Waals surface area contributed by atoms with E-state index in [4.69, 9.17) is 0 Å². The fourth-order valence-corrected chi connectivity index (χ4v) is 3.11. The van der Waals surface area contributed by atoms with Gasteiger partial charge in [0.15, 0.2) is 5.96 Å². The highest BCUT2D eigenvalue weighted by Crippen LogP contribution is 2.17. The molecule has 0 bridgehead atoms. The van der Waals surface area contributed by atoms with Crippen molar-refractivity contribution in [1.82, 2.24) is 15.2 Å². The number of aryl methyl sites for hydroxylation is 2. The van der Waals surface area contributed by atoms with Crippen LogP contribution in [0.25, 0.3) is 0 Å². The first-order valence-electron chi connectivity index (χ1n) is 7.49. The fourth-order valence-electron chi connectivity index (χ4n) is 2.09. The average molecular weight is 296 g/mol. The van der Waals surface area contributed by atoms with Crippen molar-refractivity contribution in [3.8, 4) is 0 Å². The number of rotatable bonds is 7. The minimum absolute atomic E-state index is 0.888. The standard InChI is InChI=1S/C15H28N4S/c1-6-8-11-19(5)15(16-4)17-10-9-14-18-13(7-2)12(3)20-14/h6-11H2,1-5H3,(H,16,17). The molecule has 0 atom stereocenters. The Hall–Kier alpha value is -1.10. The van der Waals surface area contributed by atoms with E-state index >= 15 is 0 Å². The summed E-state index contributed by atoms with van der Waals surface area (Å²) in [6.45, 7) is 8.46. The second-order valence-electron chi connectivity index (χ2n) is 4.96. The summed E-state index contributed by atoms with van der Waals surface area (Å²) in [5, 5.41) is 4.64. The van der Waals surface area contributed by atoms with Crippen molar-refractivity contribution in [1.29, 1.82) is 0 Å². The third kappa shape index (κ3) is 5.12. The predicted molar refractivity (Wildman–Crippen MR) is 88.8 cm³/mol. The van der Waals surface area contributed by atoms with Crippen molar-refractivity contribution in [2.75, 3.05) is 27.2 Å². The summed E-state index contributed by atoms with van der Waals surface area (Å²) in [7, 11) is 3.93. The van der Waals surface area contributed by atoms with Gasteiger partial charge in [0.1, 0.15) is 0 Å². The Labute approximate surface area is 127 Å². The Morgan fingerprint density at radius 3 is 2.70 bits per heavy atom. The second-order valence-corrected chi connectivity index (χ2v) is 6.25. The zero-order valence-electron chi connectivity index (χ0n) is 13.5. The zero-order chi connectivity index (χ0) is 15.0. The van der Waals surface area contributed by atoms with Crippen LogP contribution in [-0.4, -0.2) is 43.0 Å². The maximum absolute atomic E-state index is 4.67. The summed E-state index contributed by atoms with van der Waals surface area (Å²) in [5.74, 6) is 0.974. The molecule has 0 aliphatic carbocycles. The van der Waals surface area contributed by atoms with Crippen LogP contribution in [0.2, 0.25) is 0 Å². The topological polar surface area (TPSA) is 40.5 Å². The van der Waals surface area contributed by atoms with Crippen LogP contribution in [0.4, 0.5) is 0 Å². The maximum atomic E-state index is 4.67. The zero-order valence-corrected chi connectivity index (χ0v) is 14.3. The molecule has 1 rings (SSSR count). The van der Waals surface area contributed by atoms with Gasteiger partial charge in [-0.25, -0.2) is 4.98 Å². The normalized spacial score (nSPS) is 11.8. The summed E-state index contributed by atoms with van der Waals surface area (Å²) in [6, 6.07) is 0. The largest absolute Gasteiger partial charge is 0.356 e. The Balaban J connectivity index is 2.41. The number of unbranched alkanes of at least 4 members (excludes halogenated alkanes) is 1. The van der Waals surface area contributed by atoms with Crippen LogP contribution < -0.4 is 5.32 Å². The van der Waals surface area contributed by atoms with Crippen molar-refractivity contribution >= 4 is 17.3 Å². The monoisotopic (exact) mass is 296 g/mol. The molecular formula is C15H28N4S. The van der Waals surface area contributed by atoms with Crippen molar-refractivity contribution < 1.29 is 0 Å². The number of guanidine groups is 1. The van der Waals surface area contributed by atoms with Gasteiger partial charge < -0.3 is 10.2 Å². The minimum Gasteiger partial charge on any atom is -0.356 e. The third-order valence-electron chi connectivity index (χ3n) is 3.31. The summed E-state index contributed by atoms with van der Waals surface area (Å²) in [6.07, 6.45) is 4.39. The van der Waals surface area contributed by atoms with Crippen LogP contribution in [0.3, 0.4) is 0 Å². The van der Waals surface area contributed by atoms with Gasteiger partial charge in [-0.05, 0) is 19.8 Å². The molecule has 20 heavy (non-hydrogen) atoms. The molecule has 0 radical (unpaired) electrons. The molecule has 0 spiro atoms. The van der Waals surface area contributed by atoms with Crippen molar-refractivity contribution in [2.45, 2.75) is 46.5 Å². The van der Waals surface area contributed by atoms with Gasteiger partial charge in [-0.1, -0.05) is 20.3 Å². The van der Waals surface area contributed by atoms with Crippen LogP contribution in [-0.2, 0) is 12.8 Å². The molecule has 4 nitrogen and oxygen atoms in total. The molecule has 1 aromatic heterocycles. The lowest BCUT2D eigenvalue weighted by Gasteiger charge is -2.21. The third-order valence-corrected chi connectivity index (χ3v) is 4.39. The van der Waals surface area contributed by atoms with Crippen LogP contribution in [0.5, 0.6) is 0 Å². The molecule has 1 N–H and O–H groups in total. The van der Waals surface area contributed by atoms with Crippen LogP contribution in [0.1, 0.15) is 42.3 Å². The molecule has 0 fully saturated rings. The van der Waals surface area contributed by atoms with Gasteiger partial charge in [0.2, 0.25) is 0 Å². The molecule has 114 valence electrons. The van der Waals surface area contributed by atoms with Crippen LogP contribution in [0.15, 0.2) is 4.99 Å². The quantitative estimate of drug-likeness (QED) is 0.621. The lowest BCUT2D eigenvalue weighted by molar-refractivity contribution is 0.465. The average Bonchev–Trinajstić information content (AvgIpc) is 2.81. The van der Waals surface area contributed by atoms with Crippen LogP contribution >= 0.6 is 11.3 Å². The maximum Gasteiger partial charge on any atom is 0.193 e. The van der Waals surface area contributed by atoms with Gasteiger partial charge in [-0.3, -0.25) is 4.99 Å². The van der Waals surface area contributed by atoms with Gasteiger partial charge in [0.25, 0.3) is 0 Å². The first-order valence-corrected chi connectivity index (χ1v) is 8.30. The van der Waals surface area contributed by atoms with Gasteiger partial charge in [0.05, 0.1) is 10.7 Å². The fraction of sp³-hybridized carbons (Fsp3) is 0.733. The Morgan fingerprint density at radius 1 is 1.40 bits per heavy atom. The SMILES string of the molecule is CCCCN(C)C(=NC)NCCc1nc(CC)c(C)s1. The highest BCUT2D eigenvalue weighted by atomic mass is 32.1. The van der Waals surface area contributed by atoms with Gasteiger partial charge in [-0.2, -0.15) is 0 Å². The van der Waals surface area contributed by atoms with E-state index in [1.165, 1.54) is 28.4 Å². The Morgan fingerprint density at radius 2 is 2.15 bits per heavy atom. The number of aromatic nitrogens is 1. The van der Waals surface area contributed by atoms with Crippen molar-refractivity contribution in [3.63, 3.8) is 0 Å². The summed E-state index contributed by atoms with van der Waals surface area (Å²) < 4.78 is 0. The van der Waals surface area contributed by atoms with E-state index in [-0.39, 0.29) is 0 Å². The number of aliphatic imine (C=N–C) groups is 1. The molecule has 0 saturated heterocycles. The molecule has 1 aromatic rings. The predicted octanol–water partition coefficient (Wildman–Crippen LogP) is 2.86. The van der Waals surface area contributed by atoms with Gasteiger partial charge in [-0.15, -0.1) is 11.3 Å². The number of nitrogens with zero attached hydrogens (tertiary/aromatic N) is 3. The summed E-state index contributed by atoms with van der Waals surface area (Å²) in [5.41, 5.74) is 1.24. The van der Waals surface area contributed by atoms with Crippen molar-refractivity contribution in [2.24, 2.45) is 4.99 Å². The molecule has 0 unspecified atom stereocenters. The Kier molecular flexibility index (Phi) is 7.59. The van der Waals surface area contributed by atoms with E-state index in [1.54, 1.807) is 0 Å². The van der Waals surface area contributed by atoms with Crippen LogP contribution in [0, 0.1) is 6.92 Å². The molecule has 5 heteroatoms. The van der Waals surface area contributed by atoms with Gasteiger partial charge in [0, 0.05) is 38.5 Å². The Bertz CT molecular complexity index is 426. The molecule has 0 saturated carbocycles. The van der Waals surface area contributed by atoms with Crippen molar-refractivity contribution in [3.05, 3.63) is 15.6 Å². The van der Waals surface area contributed by atoms with E-state index in [2.05, 4.69) is 48.0 Å². The smallest absolute Gasteiger partial charge is 0.193 e. The lowest BCUT2D eigenvalue weighted by Crippen LogP contribution is -2.40. The van der Waals surface area contributed by atoms with E-state index in [0.717, 1.165) is 31.9 Å². The number of hydrogen-bond donors (Lipinski definition) is 1. The molecule has 1 heterocycles. The number of nitrogens with one attached hydrogen (secondary N) is 1. The first kappa shape index (κ1) is 17.0. The highest BCUT2D eigenvalue weighted by molar-refractivity contribution is 7.11. The van der Waals surface area contributed by atoms with E-state index < -0.39 is 0 Å². The summed E-state index contributed by atoms with van der Waals surface area (Å²) in [4.78, 5) is 12.5. The number of hydrogen-bond acceptors (Lipinski definition) is 3. The number of thiazole rings is 1. The molecule has 0 aromatic carbocycles. The molecule has 0 aliphatic heterocycles. The van der Waals surface area contributed by atoms with E-state index in [0.29, 0.717) is 0 Å². The molecule has 0 aliphatic rings. The minimum atomic E-state index is 0.888.